The Balaban J connectivity index is 1.97. The lowest BCUT2D eigenvalue weighted by atomic mass is 9.98. The van der Waals surface area contributed by atoms with Gasteiger partial charge >= 0.3 is 0 Å². The number of benzene rings is 2. The minimum Gasteiger partial charge on any atom is -0.340 e. The highest BCUT2D eigenvalue weighted by molar-refractivity contribution is 7.89. The van der Waals surface area contributed by atoms with Crippen LogP contribution in [0.25, 0.3) is 0 Å². The molecule has 0 aliphatic heterocycles. The number of likely N-dealkylation sites (N-methyl/N-ethyl adjacent to an activating group) is 1. The van der Waals surface area contributed by atoms with Gasteiger partial charge < -0.3 is 5.32 Å². The fourth-order valence-corrected chi connectivity index (χ4v) is 4.07. The van der Waals surface area contributed by atoms with Crippen molar-refractivity contribution in [2.24, 2.45) is 5.92 Å². The molecule has 2 aromatic rings. The summed E-state index contributed by atoms with van der Waals surface area (Å²) >= 11 is 0. The summed E-state index contributed by atoms with van der Waals surface area (Å²) in [6.45, 7) is 5.02. The predicted molar refractivity (Wildman–Crippen MR) is 124 cm³/mol. The number of rotatable bonds is 9. The van der Waals surface area contributed by atoms with Gasteiger partial charge in [0.25, 0.3) is 17.7 Å². The molecule has 0 saturated heterocycles. The number of carbonyl (C=O) groups excluding carboxylic acids is 3. The van der Waals surface area contributed by atoms with Gasteiger partial charge in [-0.25, -0.2) is 8.42 Å². The van der Waals surface area contributed by atoms with Crippen LogP contribution >= 0.6 is 0 Å². The molecule has 2 unspecified atom stereocenters. The molecule has 0 heterocycles. The summed E-state index contributed by atoms with van der Waals surface area (Å²) in [5.74, 6) is -1.95. The van der Waals surface area contributed by atoms with E-state index in [1.807, 2.05) is 13.8 Å². The zero-order chi connectivity index (χ0) is 24.6. The summed E-state index contributed by atoms with van der Waals surface area (Å²) in [5, 5.41) is 2.69. The highest BCUT2D eigenvalue weighted by Crippen LogP contribution is 2.14. The first-order valence-corrected chi connectivity index (χ1v) is 12.0. The van der Waals surface area contributed by atoms with Gasteiger partial charge in [-0.05, 0) is 37.1 Å². The highest BCUT2D eigenvalue weighted by atomic mass is 32.2. The minimum atomic E-state index is -3.87. The van der Waals surface area contributed by atoms with Gasteiger partial charge in [0.2, 0.25) is 10.0 Å². The maximum Gasteiger partial charge on any atom is 0.261 e. The molecule has 0 bridgehead atoms. The van der Waals surface area contributed by atoms with Crippen LogP contribution in [0.3, 0.4) is 0 Å². The Hall–Kier alpha value is -3.24. The van der Waals surface area contributed by atoms with E-state index in [0.29, 0.717) is 12.0 Å². The molecule has 0 aliphatic carbocycles. The largest absolute Gasteiger partial charge is 0.340 e. The maximum absolute atomic E-state index is 12.7. The van der Waals surface area contributed by atoms with Gasteiger partial charge in [0, 0.05) is 12.6 Å². The molecule has 2 rings (SSSR count). The van der Waals surface area contributed by atoms with Crippen LogP contribution in [0.4, 0.5) is 0 Å². The topological polar surface area (TPSA) is 125 Å². The second kappa shape index (κ2) is 11.6. The van der Waals surface area contributed by atoms with Crippen LogP contribution in [0.15, 0.2) is 59.5 Å². The normalized spacial score (nSPS) is 13.1. The second-order valence-corrected chi connectivity index (χ2v) is 9.86. The molecule has 3 N–H and O–H groups in total. The second-order valence-electron chi connectivity index (χ2n) is 7.81. The van der Waals surface area contributed by atoms with Crippen LogP contribution in [0.2, 0.25) is 0 Å². The quantitative estimate of drug-likeness (QED) is 0.476. The lowest BCUT2D eigenvalue weighted by molar-refractivity contribution is -0.130. The Kier molecular flexibility index (Phi) is 9.12. The molecule has 0 aliphatic rings. The summed E-state index contributed by atoms with van der Waals surface area (Å²) in [6, 6.07) is 13.8. The number of hydrazine groups is 1. The SMILES string of the molecule is CCC(C)C(NC(=O)c1ccccc1)C(=O)NNC(=O)CN(C)S(=O)(=O)c1ccc(C)cc1. The van der Waals surface area contributed by atoms with Crippen molar-refractivity contribution < 1.29 is 22.8 Å². The Morgan fingerprint density at radius 3 is 2.15 bits per heavy atom. The third kappa shape index (κ3) is 7.13. The number of sulfonamides is 1. The monoisotopic (exact) mass is 474 g/mol. The lowest BCUT2D eigenvalue weighted by Gasteiger charge is -2.24. The zero-order valence-electron chi connectivity index (χ0n) is 19.2. The number of hydrogen-bond donors (Lipinski definition) is 3. The van der Waals surface area contributed by atoms with Crippen LogP contribution in [-0.4, -0.2) is 50.1 Å². The van der Waals surface area contributed by atoms with Crippen molar-refractivity contribution in [3.63, 3.8) is 0 Å². The van der Waals surface area contributed by atoms with Crippen molar-refractivity contribution in [1.29, 1.82) is 0 Å². The van der Waals surface area contributed by atoms with E-state index in [1.165, 1.54) is 19.2 Å². The summed E-state index contributed by atoms with van der Waals surface area (Å²) in [4.78, 5) is 37.5. The first kappa shape index (κ1) is 26.0. The molecule has 10 heteroatoms. The molecule has 0 fully saturated rings. The Morgan fingerprint density at radius 2 is 1.58 bits per heavy atom. The van der Waals surface area contributed by atoms with E-state index >= 15 is 0 Å². The van der Waals surface area contributed by atoms with Crippen molar-refractivity contribution in [2.75, 3.05) is 13.6 Å². The molecular weight excluding hydrogens is 444 g/mol. The number of nitrogens with zero attached hydrogens (tertiary/aromatic N) is 1. The molecule has 3 amide bonds. The average molecular weight is 475 g/mol. The summed E-state index contributed by atoms with van der Waals surface area (Å²) < 4.78 is 26.1. The van der Waals surface area contributed by atoms with Crippen LogP contribution in [0.5, 0.6) is 0 Å². The lowest BCUT2D eigenvalue weighted by Crippen LogP contribution is -2.55. The number of carbonyl (C=O) groups is 3. The molecule has 2 aromatic carbocycles. The third-order valence-corrected chi connectivity index (χ3v) is 7.06. The van der Waals surface area contributed by atoms with Gasteiger partial charge in [-0.15, -0.1) is 0 Å². The van der Waals surface area contributed by atoms with E-state index < -0.39 is 40.3 Å². The molecule has 0 aromatic heterocycles. The predicted octanol–water partition coefficient (Wildman–Crippen LogP) is 1.61. The number of aryl methyl sites for hydroxylation is 1. The van der Waals surface area contributed by atoms with Gasteiger partial charge in [0.15, 0.2) is 0 Å². The minimum absolute atomic E-state index is 0.0629. The van der Waals surface area contributed by atoms with Crippen LogP contribution in [-0.2, 0) is 19.6 Å². The summed E-state index contributed by atoms with van der Waals surface area (Å²) in [6.07, 6.45) is 0.610. The van der Waals surface area contributed by atoms with Gasteiger partial charge in [-0.3, -0.25) is 25.2 Å². The maximum atomic E-state index is 12.7. The van der Waals surface area contributed by atoms with Crippen molar-refractivity contribution in [2.45, 2.75) is 38.1 Å². The Morgan fingerprint density at radius 1 is 0.970 bits per heavy atom. The number of nitrogens with one attached hydrogen (secondary N) is 3. The van der Waals surface area contributed by atoms with Gasteiger partial charge in [0.05, 0.1) is 11.4 Å². The molecule has 0 radical (unpaired) electrons. The van der Waals surface area contributed by atoms with E-state index in [-0.39, 0.29) is 10.8 Å². The number of hydrogen-bond acceptors (Lipinski definition) is 5. The molecule has 0 saturated carbocycles. The van der Waals surface area contributed by atoms with E-state index in [1.54, 1.807) is 49.4 Å². The van der Waals surface area contributed by atoms with Crippen LogP contribution in [0, 0.1) is 12.8 Å². The van der Waals surface area contributed by atoms with Crippen molar-refractivity contribution in [3.8, 4) is 0 Å². The van der Waals surface area contributed by atoms with Crippen molar-refractivity contribution >= 4 is 27.7 Å². The summed E-state index contributed by atoms with van der Waals surface area (Å²) in [7, 11) is -2.59. The van der Waals surface area contributed by atoms with Gasteiger partial charge in [-0.1, -0.05) is 56.2 Å². The zero-order valence-corrected chi connectivity index (χ0v) is 20.0. The summed E-state index contributed by atoms with van der Waals surface area (Å²) in [5.41, 5.74) is 5.82. The number of amides is 3. The van der Waals surface area contributed by atoms with Gasteiger partial charge in [-0.2, -0.15) is 4.31 Å². The third-order valence-electron chi connectivity index (χ3n) is 5.24. The molecular formula is C23H30N4O5S. The molecule has 9 nitrogen and oxygen atoms in total. The van der Waals surface area contributed by atoms with Gasteiger partial charge in [0.1, 0.15) is 6.04 Å². The van der Waals surface area contributed by atoms with Crippen molar-refractivity contribution in [1.82, 2.24) is 20.5 Å². The van der Waals surface area contributed by atoms with Crippen LogP contribution < -0.4 is 16.2 Å². The van der Waals surface area contributed by atoms with E-state index in [0.717, 1.165) is 9.87 Å². The smallest absolute Gasteiger partial charge is 0.261 e. The van der Waals surface area contributed by atoms with E-state index in [4.69, 9.17) is 0 Å². The first-order valence-electron chi connectivity index (χ1n) is 10.5. The molecule has 178 valence electrons. The first-order chi connectivity index (χ1) is 15.6. The fraction of sp³-hybridized carbons (Fsp3) is 0.348. The Labute approximate surface area is 194 Å². The van der Waals surface area contributed by atoms with Crippen LogP contribution in [0.1, 0.15) is 36.2 Å². The molecule has 2 atom stereocenters. The Bertz CT molecular complexity index is 1070. The standard InChI is InChI=1S/C23H30N4O5S/c1-5-17(3)21(24-22(29)18-9-7-6-8-10-18)23(30)26-25-20(28)15-27(4)33(31,32)19-13-11-16(2)12-14-19/h6-14,17,21H,5,15H2,1-4H3,(H,24,29)(H,25,28)(H,26,30). The fourth-order valence-electron chi connectivity index (χ4n) is 2.94. The van der Waals surface area contributed by atoms with E-state index in [9.17, 15) is 22.8 Å². The highest BCUT2D eigenvalue weighted by Gasteiger charge is 2.27. The van der Waals surface area contributed by atoms with Crippen molar-refractivity contribution in [3.05, 3.63) is 65.7 Å². The molecule has 33 heavy (non-hydrogen) atoms. The van der Waals surface area contributed by atoms with E-state index in [2.05, 4.69) is 16.2 Å². The average Bonchev–Trinajstić information content (AvgIpc) is 2.81. The molecule has 0 spiro atoms.